The molecular weight excluding hydrogens is 162 g/mol. The highest BCUT2D eigenvalue weighted by atomic mass is 15.0. The first-order valence-electron chi connectivity index (χ1n) is 4.81. The van der Waals surface area contributed by atoms with E-state index in [1.165, 1.54) is 19.3 Å². The molecule has 0 atom stereocenters. The summed E-state index contributed by atoms with van der Waals surface area (Å²) in [7, 11) is 0. The van der Waals surface area contributed by atoms with Crippen molar-refractivity contribution in [3.63, 3.8) is 0 Å². The molecule has 1 fully saturated rings. The lowest BCUT2D eigenvalue weighted by atomic mass is 9.85. The Morgan fingerprint density at radius 1 is 1.46 bits per heavy atom. The molecule has 0 spiro atoms. The Kier molecular flexibility index (Phi) is 2.34. The van der Waals surface area contributed by atoms with Gasteiger partial charge in [0.25, 0.3) is 0 Å². The normalized spacial score (nSPS) is 16.6. The average Bonchev–Trinajstić information content (AvgIpc) is 2.01. The lowest BCUT2D eigenvalue weighted by molar-refractivity contribution is 0.333. The van der Waals surface area contributed by atoms with E-state index in [-0.39, 0.29) is 0 Å². The molecule has 0 unspecified atom stereocenters. The molecule has 1 aromatic rings. The Labute approximate surface area is 78.4 Å². The Morgan fingerprint density at radius 3 is 2.92 bits per heavy atom. The standard InChI is InChI=1S/C10H15N3/c11-9-5-2-6-10(13-9)12-7-8-3-1-4-8/h2,5-6,8H,1,3-4,7H2,(H3,11,12,13). The van der Waals surface area contributed by atoms with Crippen molar-refractivity contribution in [3.05, 3.63) is 18.2 Å². The van der Waals surface area contributed by atoms with Gasteiger partial charge in [-0.2, -0.15) is 0 Å². The van der Waals surface area contributed by atoms with Crippen LogP contribution in [0.5, 0.6) is 0 Å². The van der Waals surface area contributed by atoms with Gasteiger partial charge in [0.2, 0.25) is 0 Å². The second kappa shape index (κ2) is 3.64. The zero-order chi connectivity index (χ0) is 9.10. The molecular formula is C10H15N3. The topological polar surface area (TPSA) is 50.9 Å². The Bertz CT molecular complexity index is 281. The molecule has 3 nitrogen and oxygen atoms in total. The van der Waals surface area contributed by atoms with E-state index in [9.17, 15) is 0 Å². The summed E-state index contributed by atoms with van der Waals surface area (Å²) in [6.45, 7) is 1.04. The fraction of sp³-hybridized carbons (Fsp3) is 0.500. The van der Waals surface area contributed by atoms with E-state index in [0.29, 0.717) is 5.82 Å². The monoisotopic (exact) mass is 177 g/mol. The maximum atomic E-state index is 5.56. The number of rotatable bonds is 3. The van der Waals surface area contributed by atoms with Gasteiger partial charge in [-0.1, -0.05) is 12.5 Å². The fourth-order valence-electron chi connectivity index (χ4n) is 1.50. The van der Waals surface area contributed by atoms with E-state index in [1.54, 1.807) is 6.07 Å². The van der Waals surface area contributed by atoms with Crippen molar-refractivity contribution in [3.8, 4) is 0 Å². The number of pyridine rings is 1. The summed E-state index contributed by atoms with van der Waals surface area (Å²) in [6, 6.07) is 5.68. The SMILES string of the molecule is Nc1cccc(NCC2CCC2)n1. The van der Waals surface area contributed by atoms with Crippen molar-refractivity contribution >= 4 is 11.6 Å². The van der Waals surface area contributed by atoms with E-state index in [1.807, 2.05) is 12.1 Å². The zero-order valence-electron chi connectivity index (χ0n) is 7.66. The maximum Gasteiger partial charge on any atom is 0.128 e. The van der Waals surface area contributed by atoms with Gasteiger partial charge in [-0.15, -0.1) is 0 Å². The summed E-state index contributed by atoms with van der Waals surface area (Å²) < 4.78 is 0. The van der Waals surface area contributed by atoms with Crippen LogP contribution in [0.3, 0.4) is 0 Å². The van der Waals surface area contributed by atoms with E-state index in [2.05, 4.69) is 10.3 Å². The van der Waals surface area contributed by atoms with Crippen LogP contribution in [0.15, 0.2) is 18.2 Å². The first kappa shape index (κ1) is 8.35. The minimum atomic E-state index is 0.582. The summed E-state index contributed by atoms with van der Waals surface area (Å²) in [4.78, 5) is 4.17. The number of nitrogen functional groups attached to an aromatic ring is 1. The minimum Gasteiger partial charge on any atom is -0.384 e. The Hall–Kier alpha value is -1.25. The molecule has 0 amide bonds. The van der Waals surface area contributed by atoms with Crippen LogP contribution < -0.4 is 11.1 Å². The zero-order valence-corrected chi connectivity index (χ0v) is 7.66. The van der Waals surface area contributed by atoms with Crippen LogP contribution in [-0.2, 0) is 0 Å². The van der Waals surface area contributed by atoms with Crippen molar-refractivity contribution in [1.29, 1.82) is 0 Å². The summed E-state index contributed by atoms with van der Waals surface area (Å²) in [6.07, 6.45) is 4.10. The van der Waals surface area contributed by atoms with Crippen molar-refractivity contribution in [1.82, 2.24) is 4.98 Å². The predicted molar refractivity (Wildman–Crippen MR) is 54.5 cm³/mol. The highest BCUT2D eigenvalue weighted by Crippen LogP contribution is 2.26. The molecule has 1 aromatic heterocycles. The molecule has 1 saturated carbocycles. The van der Waals surface area contributed by atoms with Crippen LogP contribution in [0.4, 0.5) is 11.6 Å². The van der Waals surface area contributed by atoms with Crippen molar-refractivity contribution in [2.24, 2.45) is 5.92 Å². The smallest absolute Gasteiger partial charge is 0.128 e. The first-order valence-corrected chi connectivity index (χ1v) is 4.81. The molecule has 3 heteroatoms. The fourth-order valence-corrected chi connectivity index (χ4v) is 1.50. The number of hydrogen-bond acceptors (Lipinski definition) is 3. The van der Waals surface area contributed by atoms with E-state index < -0.39 is 0 Å². The van der Waals surface area contributed by atoms with Gasteiger partial charge in [0.1, 0.15) is 11.6 Å². The van der Waals surface area contributed by atoms with Gasteiger partial charge in [0.05, 0.1) is 0 Å². The molecule has 0 radical (unpaired) electrons. The van der Waals surface area contributed by atoms with Crippen LogP contribution in [0.1, 0.15) is 19.3 Å². The van der Waals surface area contributed by atoms with Crippen molar-refractivity contribution in [2.45, 2.75) is 19.3 Å². The van der Waals surface area contributed by atoms with Gasteiger partial charge in [-0.25, -0.2) is 4.98 Å². The molecule has 0 bridgehead atoms. The van der Waals surface area contributed by atoms with E-state index in [4.69, 9.17) is 5.73 Å². The predicted octanol–water partition coefficient (Wildman–Crippen LogP) is 1.88. The largest absolute Gasteiger partial charge is 0.384 e. The Balaban J connectivity index is 1.86. The Morgan fingerprint density at radius 2 is 2.31 bits per heavy atom. The van der Waals surface area contributed by atoms with Crippen molar-refractivity contribution in [2.75, 3.05) is 17.6 Å². The number of anilines is 2. The van der Waals surface area contributed by atoms with Gasteiger partial charge in [-0.05, 0) is 30.9 Å². The summed E-state index contributed by atoms with van der Waals surface area (Å²) >= 11 is 0. The second-order valence-corrected chi connectivity index (χ2v) is 3.63. The van der Waals surface area contributed by atoms with Gasteiger partial charge in [0, 0.05) is 6.54 Å². The third-order valence-corrected chi connectivity index (χ3v) is 2.57. The maximum absolute atomic E-state index is 5.56. The van der Waals surface area contributed by atoms with Gasteiger partial charge in [0.15, 0.2) is 0 Å². The summed E-state index contributed by atoms with van der Waals surface area (Å²) in [5.74, 6) is 2.33. The second-order valence-electron chi connectivity index (χ2n) is 3.63. The third-order valence-electron chi connectivity index (χ3n) is 2.57. The van der Waals surface area contributed by atoms with Crippen LogP contribution in [-0.4, -0.2) is 11.5 Å². The minimum absolute atomic E-state index is 0.582. The molecule has 0 saturated heterocycles. The average molecular weight is 177 g/mol. The summed E-state index contributed by atoms with van der Waals surface area (Å²) in [5.41, 5.74) is 5.56. The van der Waals surface area contributed by atoms with E-state index in [0.717, 1.165) is 18.3 Å². The quantitative estimate of drug-likeness (QED) is 0.741. The lowest BCUT2D eigenvalue weighted by Gasteiger charge is -2.25. The molecule has 70 valence electrons. The highest BCUT2D eigenvalue weighted by molar-refractivity contribution is 5.42. The van der Waals surface area contributed by atoms with Crippen LogP contribution in [0, 0.1) is 5.92 Å². The molecule has 1 heterocycles. The molecule has 13 heavy (non-hydrogen) atoms. The number of nitrogens with two attached hydrogens (primary N) is 1. The number of hydrogen-bond donors (Lipinski definition) is 2. The van der Waals surface area contributed by atoms with E-state index >= 15 is 0 Å². The van der Waals surface area contributed by atoms with Gasteiger partial charge in [-0.3, -0.25) is 0 Å². The van der Waals surface area contributed by atoms with Gasteiger partial charge >= 0.3 is 0 Å². The number of nitrogens with one attached hydrogen (secondary N) is 1. The third kappa shape index (κ3) is 2.11. The molecule has 2 rings (SSSR count). The van der Waals surface area contributed by atoms with Crippen molar-refractivity contribution < 1.29 is 0 Å². The first-order chi connectivity index (χ1) is 6.34. The molecule has 0 aliphatic heterocycles. The lowest BCUT2D eigenvalue weighted by Crippen LogP contribution is -2.21. The molecule has 1 aliphatic carbocycles. The number of aromatic nitrogens is 1. The van der Waals surface area contributed by atoms with Crippen LogP contribution >= 0.6 is 0 Å². The summed E-state index contributed by atoms with van der Waals surface area (Å²) in [5, 5.41) is 3.30. The number of nitrogens with zero attached hydrogens (tertiary/aromatic N) is 1. The van der Waals surface area contributed by atoms with Crippen LogP contribution in [0.25, 0.3) is 0 Å². The van der Waals surface area contributed by atoms with Crippen LogP contribution in [0.2, 0.25) is 0 Å². The molecule has 1 aliphatic rings. The highest BCUT2D eigenvalue weighted by Gasteiger charge is 2.16. The van der Waals surface area contributed by atoms with Gasteiger partial charge < -0.3 is 11.1 Å². The molecule has 3 N–H and O–H groups in total. The molecule has 0 aromatic carbocycles.